The molecule has 0 amide bonds. The van der Waals surface area contributed by atoms with Crippen molar-refractivity contribution in [2.45, 2.75) is 51.1 Å². The number of nitrogens with one attached hydrogen (secondary N) is 1. The van der Waals surface area contributed by atoms with E-state index in [9.17, 15) is 5.26 Å². The largest absolute Gasteiger partial charge is 0.481 e. The second-order valence-corrected chi connectivity index (χ2v) is 5.20. The maximum absolute atomic E-state index is 9.46. The number of hydrogen-bond acceptors (Lipinski definition) is 4. The molecule has 1 aliphatic carbocycles. The molecule has 0 aliphatic heterocycles. The van der Waals surface area contributed by atoms with Gasteiger partial charge in [-0.3, -0.25) is 5.32 Å². The third kappa shape index (κ3) is 2.90. The standard InChI is InChI=1S/C14H22N4O/c1-10-13(14(19-3)18(2)17-10)12(9-15)16-11-7-5-4-6-8-11/h11-12,16H,4-8H2,1-3H3. The molecule has 2 rings (SSSR count). The minimum absolute atomic E-state index is 0.341. The summed E-state index contributed by atoms with van der Waals surface area (Å²) in [5.74, 6) is 0.673. The van der Waals surface area contributed by atoms with Crippen molar-refractivity contribution in [2.75, 3.05) is 7.11 Å². The van der Waals surface area contributed by atoms with Gasteiger partial charge in [0, 0.05) is 13.1 Å². The first kappa shape index (κ1) is 13.9. The lowest BCUT2D eigenvalue weighted by Crippen LogP contribution is -2.34. The van der Waals surface area contributed by atoms with Gasteiger partial charge in [0.05, 0.1) is 24.4 Å². The first-order chi connectivity index (χ1) is 9.17. The molecule has 5 nitrogen and oxygen atoms in total. The highest BCUT2D eigenvalue weighted by Gasteiger charge is 2.26. The van der Waals surface area contributed by atoms with Gasteiger partial charge in [0.15, 0.2) is 0 Å². The molecule has 1 aromatic rings. The highest BCUT2D eigenvalue weighted by Crippen LogP contribution is 2.29. The van der Waals surface area contributed by atoms with E-state index in [0.29, 0.717) is 11.9 Å². The van der Waals surface area contributed by atoms with Gasteiger partial charge in [-0.2, -0.15) is 10.4 Å². The van der Waals surface area contributed by atoms with Crippen molar-refractivity contribution in [3.63, 3.8) is 0 Å². The van der Waals surface area contributed by atoms with Gasteiger partial charge in [-0.1, -0.05) is 19.3 Å². The zero-order valence-corrected chi connectivity index (χ0v) is 11.9. The summed E-state index contributed by atoms with van der Waals surface area (Å²) in [6.07, 6.45) is 6.11. The maximum atomic E-state index is 9.46. The van der Waals surface area contributed by atoms with Crippen molar-refractivity contribution >= 4 is 0 Å². The van der Waals surface area contributed by atoms with Gasteiger partial charge in [-0.05, 0) is 19.8 Å². The fraction of sp³-hybridized carbons (Fsp3) is 0.714. The van der Waals surface area contributed by atoms with Crippen molar-refractivity contribution in [3.05, 3.63) is 11.3 Å². The molecule has 0 spiro atoms. The minimum Gasteiger partial charge on any atom is -0.481 e. The van der Waals surface area contributed by atoms with Crippen molar-refractivity contribution in [2.24, 2.45) is 7.05 Å². The Hall–Kier alpha value is -1.54. The SMILES string of the molecule is COc1c(C(C#N)NC2CCCCC2)c(C)nn1C. The Morgan fingerprint density at radius 2 is 2.11 bits per heavy atom. The van der Waals surface area contributed by atoms with Gasteiger partial charge in [-0.15, -0.1) is 0 Å². The van der Waals surface area contributed by atoms with Crippen LogP contribution in [0.15, 0.2) is 0 Å². The van der Waals surface area contributed by atoms with Crippen LogP contribution in [0.2, 0.25) is 0 Å². The zero-order chi connectivity index (χ0) is 13.8. The molecule has 0 radical (unpaired) electrons. The summed E-state index contributed by atoms with van der Waals surface area (Å²) >= 11 is 0. The highest BCUT2D eigenvalue weighted by atomic mass is 16.5. The van der Waals surface area contributed by atoms with Crippen LogP contribution in [0, 0.1) is 18.3 Å². The minimum atomic E-state index is -0.341. The average Bonchev–Trinajstić information content (AvgIpc) is 2.71. The summed E-state index contributed by atoms with van der Waals surface area (Å²) in [6, 6.07) is 2.44. The zero-order valence-electron chi connectivity index (χ0n) is 11.9. The predicted octanol–water partition coefficient (Wildman–Crippen LogP) is 2.22. The van der Waals surface area contributed by atoms with E-state index in [1.165, 1.54) is 19.3 Å². The second-order valence-electron chi connectivity index (χ2n) is 5.20. The average molecular weight is 262 g/mol. The quantitative estimate of drug-likeness (QED) is 0.903. The Bertz CT molecular complexity index is 469. The molecule has 1 fully saturated rings. The summed E-state index contributed by atoms with van der Waals surface area (Å²) in [5, 5.41) is 17.3. The lowest BCUT2D eigenvalue weighted by Gasteiger charge is -2.25. The maximum Gasteiger partial charge on any atom is 0.217 e. The molecule has 1 saturated carbocycles. The van der Waals surface area contributed by atoms with Crippen LogP contribution in [0.25, 0.3) is 0 Å². The molecule has 1 unspecified atom stereocenters. The van der Waals surface area contributed by atoms with Crippen LogP contribution in [0.5, 0.6) is 5.88 Å². The number of hydrogen-bond donors (Lipinski definition) is 1. The molecule has 0 saturated heterocycles. The lowest BCUT2D eigenvalue weighted by molar-refractivity contribution is 0.344. The van der Waals surface area contributed by atoms with Crippen LogP contribution in [-0.2, 0) is 7.05 Å². The van der Waals surface area contributed by atoms with Gasteiger partial charge in [-0.25, -0.2) is 4.68 Å². The first-order valence-electron chi connectivity index (χ1n) is 6.90. The van der Waals surface area contributed by atoms with Crippen LogP contribution < -0.4 is 10.1 Å². The summed E-state index contributed by atoms with van der Waals surface area (Å²) in [6.45, 7) is 1.92. The summed E-state index contributed by atoms with van der Waals surface area (Å²) in [5.41, 5.74) is 1.73. The molecule has 1 aromatic heterocycles. The predicted molar refractivity (Wildman–Crippen MR) is 72.9 cm³/mol. The number of nitriles is 1. The molecular formula is C14H22N4O. The van der Waals surface area contributed by atoms with E-state index in [2.05, 4.69) is 16.5 Å². The fourth-order valence-electron chi connectivity index (χ4n) is 2.92. The van der Waals surface area contributed by atoms with Crippen molar-refractivity contribution in [1.82, 2.24) is 15.1 Å². The number of aryl methyl sites for hydroxylation is 2. The molecule has 1 heterocycles. The summed E-state index contributed by atoms with van der Waals surface area (Å²) in [4.78, 5) is 0. The van der Waals surface area contributed by atoms with Gasteiger partial charge < -0.3 is 4.74 Å². The van der Waals surface area contributed by atoms with Crippen LogP contribution in [0.3, 0.4) is 0 Å². The number of methoxy groups -OCH3 is 1. The smallest absolute Gasteiger partial charge is 0.217 e. The Labute approximate surface area is 114 Å². The number of aromatic nitrogens is 2. The Kier molecular flexibility index (Phi) is 4.43. The molecule has 104 valence electrons. The monoisotopic (exact) mass is 262 g/mol. The molecule has 0 bridgehead atoms. The van der Waals surface area contributed by atoms with E-state index in [-0.39, 0.29) is 6.04 Å². The summed E-state index contributed by atoms with van der Waals surface area (Å²) < 4.78 is 7.07. The third-order valence-electron chi connectivity index (χ3n) is 3.83. The normalized spacial score (nSPS) is 18.0. The number of ether oxygens (including phenoxy) is 1. The number of nitrogens with zero attached hydrogens (tertiary/aromatic N) is 3. The molecule has 1 N–H and O–H groups in total. The highest BCUT2D eigenvalue weighted by molar-refractivity contribution is 5.37. The topological polar surface area (TPSA) is 62.9 Å². The fourth-order valence-corrected chi connectivity index (χ4v) is 2.92. The van der Waals surface area contributed by atoms with Gasteiger partial charge in [0.2, 0.25) is 5.88 Å². The van der Waals surface area contributed by atoms with Crippen molar-refractivity contribution in [1.29, 1.82) is 5.26 Å². The summed E-state index contributed by atoms with van der Waals surface area (Å²) in [7, 11) is 3.46. The van der Waals surface area contributed by atoms with Gasteiger partial charge in [0.25, 0.3) is 0 Å². The van der Waals surface area contributed by atoms with Crippen LogP contribution in [0.4, 0.5) is 0 Å². The van der Waals surface area contributed by atoms with E-state index in [0.717, 1.165) is 24.1 Å². The van der Waals surface area contributed by atoms with Gasteiger partial charge >= 0.3 is 0 Å². The first-order valence-corrected chi connectivity index (χ1v) is 6.90. The second kappa shape index (κ2) is 6.07. The van der Waals surface area contributed by atoms with E-state index in [1.54, 1.807) is 11.8 Å². The molecule has 19 heavy (non-hydrogen) atoms. The number of rotatable bonds is 4. The molecule has 1 aliphatic rings. The molecule has 5 heteroatoms. The Morgan fingerprint density at radius 3 is 2.68 bits per heavy atom. The van der Waals surface area contributed by atoms with Crippen molar-refractivity contribution in [3.8, 4) is 11.9 Å². The van der Waals surface area contributed by atoms with Crippen LogP contribution >= 0.6 is 0 Å². The van der Waals surface area contributed by atoms with Crippen molar-refractivity contribution < 1.29 is 4.74 Å². The van der Waals surface area contributed by atoms with Gasteiger partial charge in [0.1, 0.15) is 6.04 Å². The Balaban J connectivity index is 2.19. The third-order valence-corrected chi connectivity index (χ3v) is 3.83. The molecular weight excluding hydrogens is 240 g/mol. The van der Waals surface area contributed by atoms with Crippen LogP contribution in [0.1, 0.15) is 49.4 Å². The molecule has 0 aromatic carbocycles. The van der Waals surface area contributed by atoms with E-state index in [4.69, 9.17) is 4.74 Å². The van der Waals surface area contributed by atoms with E-state index in [1.807, 2.05) is 14.0 Å². The Morgan fingerprint density at radius 1 is 1.42 bits per heavy atom. The van der Waals surface area contributed by atoms with E-state index >= 15 is 0 Å². The van der Waals surface area contributed by atoms with Crippen LogP contribution in [-0.4, -0.2) is 22.9 Å². The lowest BCUT2D eigenvalue weighted by atomic mass is 9.94. The molecule has 1 atom stereocenters. The van der Waals surface area contributed by atoms with E-state index < -0.39 is 0 Å².